The average Bonchev–Trinajstić information content (AvgIpc) is 3.22. The monoisotopic (exact) mass is 454 g/mol. The smallest absolute Gasteiger partial charge is 0.275 e. The molecule has 0 saturated carbocycles. The third-order valence-corrected chi connectivity index (χ3v) is 5.40. The molecule has 4 aromatic rings. The zero-order valence-corrected chi connectivity index (χ0v) is 17.9. The number of benzene rings is 2. The lowest BCUT2D eigenvalue weighted by atomic mass is 10.3. The Labute approximate surface area is 186 Å². The van der Waals surface area contributed by atoms with E-state index in [4.69, 9.17) is 9.47 Å². The molecule has 0 bridgehead atoms. The molecule has 0 aliphatic rings. The lowest BCUT2D eigenvalue weighted by Gasteiger charge is -2.09. The number of nitrogens with one attached hydrogen (secondary N) is 1. The fourth-order valence-electron chi connectivity index (χ4n) is 2.78. The maximum atomic E-state index is 12.9. The Bertz CT molecular complexity index is 1290. The van der Waals surface area contributed by atoms with Crippen molar-refractivity contribution < 1.29 is 18.7 Å². The summed E-state index contributed by atoms with van der Waals surface area (Å²) in [7, 11) is 0. The van der Waals surface area contributed by atoms with Gasteiger partial charge >= 0.3 is 0 Å². The van der Waals surface area contributed by atoms with Crippen LogP contribution in [-0.4, -0.2) is 27.1 Å². The topological polar surface area (TPSA) is 94.8 Å². The summed E-state index contributed by atoms with van der Waals surface area (Å²) >= 11 is 1.38. The van der Waals surface area contributed by atoms with Crippen LogP contribution in [0.25, 0.3) is 4.96 Å². The summed E-state index contributed by atoms with van der Waals surface area (Å²) in [6.07, 6.45) is 0.737. The van der Waals surface area contributed by atoms with Crippen LogP contribution < -0.4 is 20.3 Å². The van der Waals surface area contributed by atoms with E-state index < -0.39 is 0 Å². The molecular formula is C22H19FN4O4S. The third-order valence-electron chi connectivity index (χ3n) is 4.35. The SMILES string of the molecule is CCc1nn2c(=O)cc(COc3ccc(NC(=O)COc4ccc(F)cc4)cc3)nc2s1. The van der Waals surface area contributed by atoms with Crippen LogP contribution in [0.2, 0.25) is 0 Å². The highest BCUT2D eigenvalue weighted by atomic mass is 32.1. The predicted molar refractivity (Wildman–Crippen MR) is 118 cm³/mol. The molecule has 0 radical (unpaired) electrons. The highest BCUT2D eigenvalue weighted by Gasteiger charge is 2.09. The van der Waals surface area contributed by atoms with Crippen molar-refractivity contribution in [2.24, 2.45) is 0 Å². The molecule has 0 atom stereocenters. The summed E-state index contributed by atoms with van der Waals surface area (Å²) in [6, 6.07) is 13.6. The molecular weight excluding hydrogens is 435 g/mol. The van der Waals surface area contributed by atoms with Crippen LogP contribution in [0.1, 0.15) is 17.6 Å². The molecule has 0 fully saturated rings. The Balaban J connectivity index is 1.30. The number of hydrogen-bond acceptors (Lipinski definition) is 7. The zero-order chi connectivity index (χ0) is 22.5. The number of ether oxygens (including phenoxy) is 2. The van der Waals surface area contributed by atoms with E-state index in [-0.39, 0.29) is 30.5 Å². The number of nitrogens with zero attached hydrogens (tertiary/aromatic N) is 3. The first-order valence-electron chi connectivity index (χ1n) is 9.80. The Morgan fingerprint density at radius 1 is 1.09 bits per heavy atom. The average molecular weight is 454 g/mol. The fourth-order valence-corrected chi connectivity index (χ4v) is 3.64. The van der Waals surface area contributed by atoms with E-state index in [0.29, 0.717) is 27.8 Å². The maximum Gasteiger partial charge on any atom is 0.275 e. The first-order chi connectivity index (χ1) is 15.5. The minimum absolute atomic E-state index is 0.127. The highest BCUT2D eigenvalue weighted by molar-refractivity contribution is 7.16. The number of aromatic nitrogens is 3. The lowest BCUT2D eigenvalue weighted by Crippen LogP contribution is -2.20. The number of halogens is 1. The van der Waals surface area contributed by atoms with E-state index in [9.17, 15) is 14.0 Å². The molecule has 0 aliphatic carbocycles. The number of amides is 1. The largest absolute Gasteiger partial charge is 0.487 e. The third kappa shape index (κ3) is 5.27. The Morgan fingerprint density at radius 3 is 2.50 bits per heavy atom. The highest BCUT2D eigenvalue weighted by Crippen LogP contribution is 2.18. The van der Waals surface area contributed by atoms with Gasteiger partial charge in [-0.05, 0) is 55.0 Å². The van der Waals surface area contributed by atoms with Crippen molar-refractivity contribution in [3.05, 3.63) is 81.5 Å². The van der Waals surface area contributed by atoms with Crippen molar-refractivity contribution in [3.8, 4) is 11.5 Å². The van der Waals surface area contributed by atoms with Gasteiger partial charge in [-0.3, -0.25) is 9.59 Å². The molecule has 164 valence electrons. The van der Waals surface area contributed by atoms with Crippen molar-refractivity contribution >= 4 is 27.9 Å². The standard InChI is InChI=1S/C22H19FN4O4S/c1-2-20-26-27-21(29)11-16(25-22(27)32-20)12-30-18-9-5-15(6-10-18)24-19(28)13-31-17-7-3-14(23)4-8-17/h3-11H,2,12-13H2,1H3,(H,24,28). The van der Waals surface area contributed by atoms with Gasteiger partial charge in [0.05, 0.1) is 5.69 Å². The summed E-state index contributed by atoms with van der Waals surface area (Å²) in [5.74, 6) is 0.242. The van der Waals surface area contributed by atoms with Crippen molar-refractivity contribution in [1.82, 2.24) is 14.6 Å². The van der Waals surface area contributed by atoms with E-state index in [1.165, 1.54) is 46.2 Å². The van der Waals surface area contributed by atoms with Gasteiger partial charge in [0, 0.05) is 11.8 Å². The Kier molecular flexibility index (Phi) is 6.41. The molecule has 0 aliphatic heterocycles. The summed E-state index contributed by atoms with van der Waals surface area (Å²) in [4.78, 5) is 29.2. The van der Waals surface area contributed by atoms with Crippen LogP contribution in [0, 0.1) is 5.82 Å². The quantitative estimate of drug-likeness (QED) is 0.438. The number of fused-ring (bicyclic) bond motifs is 1. The Morgan fingerprint density at radius 2 is 1.78 bits per heavy atom. The van der Waals surface area contributed by atoms with Gasteiger partial charge in [0.25, 0.3) is 11.5 Å². The molecule has 0 unspecified atom stereocenters. The van der Waals surface area contributed by atoms with Crippen LogP contribution >= 0.6 is 11.3 Å². The molecule has 2 aromatic heterocycles. The zero-order valence-electron chi connectivity index (χ0n) is 17.1. The van der Waals surface area contributed by atoms with Crippen molar-refractivity contribution in [2.45, 2.75) is 20.0 Å². The van der Waals surface area contributed by atoms with Crippen LogP contribution in [0.4, 0.5) is 10.1 Å². The van der Waals surface area contributed by atoms with Gasteiger partial charge in [-0.25, -0.2) is 9.37 Å². The summed E-state index contributed by atoms with van der Waals surface area (Å²) in [5.41, 5.74) is 0.835. The molecule has 1 amide bonds. The molecule has 0 saturated heterocycles. The lowest BCUT2D eigenvalue weighted by molar-refractivity contribution is -0.118. The van der Waals surface area contributed by atoms with Crippen LogP contribution in [-0.2, 0) is 17.8 Å². The minimum Gasteiger partial charge on any atom is -0.487 e. The van der Waals surface area contributed by atoms with Gasteiger partial charge in [0.15, 0.2) is 6.61 Å². The number of aryl methyl sites for hydroxylation is 1. The number of hydrogen-bond donors (Lipinski definition) is 1. The summed E-state index contributed by atoms with van der Waals surface area (Å²) in [6.45, 7) is 1.89. The first kappa shape index (κ1) is 21.4. The van der Waals surface area contributed by atoms with Crippen LogP contribution in [0.15, 0.2) is 59.4 Å². The van der Waals surface area contributed by atoms with E-state index in [2.05, 4.69) is 15.4 Å². The second kappa shape index (κ2) is 9.56. The van der Waals surface area contributed by atoms with Crippen LogP contribution in [0.5, 0.6) is 11.5 Å². The number of rotatable bonds is 8. The molecule has 32 heavy (non-hydrogen) atoms. The van der Waals surface area contributed by atoms with Crippen molar-refractivity contribution in [2.75, 3.05) is 11.9 Å². The van der Waals surface area contributed by atoms with Gasteiger partial charge < -0.3 is 14.8 Å². The molecule has 8 nitrogen and oxygen atoms in total. The minimum atomic E-state index is -0.373. The van der Waals surface area contributed by atoms with E-state index in [1.54, 1.807) is 24.3 Å². The van der Waals surface area contributed by atoms with E-state index in [0.717, 1.165) is 11.4 Å². The molecule has 1 N–H and O–H groups in total. The molecule has 2 heterocycles. The van der Waals surface area contributed by atoms with E-state index in [1.807, 2.05) is 6.92 Å². The van der Waals surface area contributed by atoms with Gasteiger partial charge in [0.1, 0.15) is 28.9 Å². The van der Waals surface area contributed by atoms with Gasteiger partial charge in [-0.15, -0.1) is 0 Å². The van der Waals surface area contributed by atoms with Gasteiger partial charge in [0.2, 0.25) is 4.96 Å². The second-order valence-corrected chi connectivity index (χ2v) is 7.77. The normalized spacial score (nSPS) is 10.8. The second-order valence-electron chi connectivity index (χ2n) is 6.73. The summed E-state index contributed by atoms with van der Waals surface area (Å²) < 4.78 is 25.2. The van der Waals surface area contributed by atoms with E-state index >= 15 is 0 Å². The van der Waals surface area contributed by atoms with Gasteiger partial charge in [-0.1, -0.05) is 18.3 Å². The van der Waals surface area contributed by atoms with Gasteiger partial charge in [-0.2, -0.15) is 9.61 Å². The fraction of sp³-hybridized carbons (Fsp3) is 0.182. The van der Waals surface area contributed by atoms with Crippen molar-refractivity contribution in [1.29, 1.82) is 0 Å². The molecule has 2 aromatic carbocycles. The number of carbonyl (C=O) groups excluding carboxylic acids is 1. The van der Waals surface area contributed by atoms with Crippen LogP contribution in [0.3, 0.4) is 0 Å². The predicted octanol–water partition coefficient (Wildman–Crippen LogP) is 3.45. The first-order valence-corrected chi connectivity index (χ1v) is 10.6. The summed E-state index contributed by atoms with van der Waals surface area (Å²) in [5, 5.41) is 7.76. The molecule has 4 rings (SSSR count). The number of carbonyl (C=O) groups is 1. The number of anilines is 1. The molecule has 0 spiro atoms. The Hall–Kier alpha value is -3.79. The van der Waals surface area contributed by atoms with Crippen molar-refractivity contribution in [3.63, 3.8) is 0 Å². The molecule has 10 heteroatoms. The maximum absolute atomic E-state index is 12.9.